The molecular formula is C4H5N. The molecule has 0 radical (unpaired) electrons. The standard InChI is InChI=1S/C4H5N/c1-2-3-4-5/h2-3H,1H3/b3-2-. The molecule has 0 aliphatic rings. The Labute approximate surface area is 31.5 Å². The van der Waals surface area contributed by atoms with E-state index in [0.29, 0.717) is 0 Å². The third kappa shape index (κ3) is 3.23. The highest BCUT2D eigenvalue weighted by Crippen LogP contribution is 1.58. The average Bonchev–Trinajstić information content (AvgIpc) is 1.41. The lowest BCUT2D eigenvalue weighted by atomic mass is 10.6. The smallest absolute Gasteiger partial charge is 0.0908 e. The summed E-state index contributed by atoms with van der Waals surface area (Å²) in [5.74, 6) is 0. The van der Waals surface area contributed by atoms with Crippen LogP contribution in [0.1, 0.15) is 6.92 Å². The van der Waals surface area contributed by atoms with E-state index >= 15 is 0 Å². The van der Waals surface area contributed by atoms with Crippen molar-refractivity contribution in [3.8, 4) is 6.07 Å². The lowest BCUT2D eigenvalue weighted by Gasteiger charge is -1.47. The molecule has 5 heavy (non-hydrogen) atoms. The lowest BCUT2D eigenvalue weighted by molar-refractivity contribution is 1.53. The van der Waals surface area contributed by atoms with E-state index in [1.165, 1.54) is 6.08 Å². The van der Waals surface area contributed by atoms with E-state index in [1.54, 1.807) is 6.08 Å². The molecule has 0 aromatic carbocycles. The van der Waals surface area contributed by atoms with Gasteiger partial charge in [-0.25, -0.2) is 0 Å². The molecule has 0 saturated heterocycles. The van der Waals surface area contributed by atoms with Gasteiger partial charge in [0.1, 0.15) is 0 Å². The Bertz CT molecular complexity index is 66.2. The van der Waals surface area contributed by atoms with Crippen molar-refractivity contribution in [2.45, 2.75) is 6.92 Å². The minimum absolute atomic E-state index is 1.43. The molecule has 0 aromatic heterocycles. The summed E-state index contributed by atoms with van der Waals surface area (Å²) in [5.41, 5.74) is 0. The van der Waals surface area contributed by atoms with Crippen molar-refractivity contribution < 1.29 is 0 Å². The Morgan fingerprint density at radius 1 is 1.80 bits per heavy atom. The molecule has 0 rings (SSSR count). The molecule has 26 valence electrons. The van der Waals surface area contributed by atoms with Gasteiger partial charge in [-0.2, -0.15) is 5.26 Å². The fourth-order valence-corrected chi connectivity index (χ4v) is 0.0745. The van der Waals surface area contributed by atoms with Crippen LogP contribution in [0.5, 0.6) is 0 Å². The van der Waals surface area contributed by atoms with Gasteiger partial charge in [0.25, 0.3) is 0 Å². The highest BCUT2D eigenvalue weighted by Gasteiger charge is 1.45. The van der Waals surface area contributed by atoms with Crippen LogP contribution in [0.3, 0.4) is 0 Å². The van der Waals surface area contributed by atoms with Crippen LogP contribution in [0.4, 0.5) is 0 Å². The van der Waals surface area contributed by atoms with Gasteiger partial charge in [-0.1, -0.05) is 6.08 Å². The van der Waals surface area contributed by atoms with Gasteiger partial charge < -0.3 is 0 Å². The van der Waals surface area contributed by atoms with Crippen LogP contribution in [-0.4, -0.2) is 0 Å². The van der Waals surface area contributed by atoms with Crippen LogP contribution in [0, 0.1) is 11.3 Å². The Kier molecular flexibility index (Phi) is 2.73. The Morgan fingerprint density at radius 3 is 2.40 bits per heavy atom. The van der Waals surface area contributed by atoms with E-state index in [-0.39, 0.29) is 0 Å². The number of nitriles is 1. The maximum absolute atomic E-state index is 7.73. The van der Waals surface area contributed by atoms with Crippen molar-refractivity contribution in [3.05, 3.63) is 12.2 Å². The first-order valence-corrected chi connectivity index (χ1v) is 1.42. The number of allylic oxidation sites excluding steroid dienone is 2. The van der Waals surface area contributed by atoms with Crippen molar-refractivity contribution in [3.63, 3.8) is 0 Å². The number of hydrogen-bond acceptors (Lipinski definition) is 1. The molecule has 0 aliphatic carbocycles. The predicted molar refractivity (Wildman–Crippen MR) is 20.4 cm³/mol. The van der Waals surface area contributed by atoms with E-state index in [9.17, 15) is 0 Å². The molecule has 0 spiro atoms. The Hall–Kier alpha value is -0.770. The lowest BCUT2D eigenvalue weighted by Crippen LogP contribution is -1.35. The summed E-state index contributed by atoms with van der Waals surface area (Å²) >= 11 is 0. The zero-order valence-electron chi connectivity index (χ0n) is 3.10. The molecule has 0 saturated carbocycles. The van der Waals surface area contributed by atoms with Crippen LogP contribution in [0.25, 0.3) is 0 Å². The van der Waals surface area contributed by atoms with Gasteiger partial charge in [-0.15, -0.1) is 0 Å². The molecule has 1 nitrogen and oxygen atoms in total. The van der Waals surface area contributed by atoms with Gasteiger partial charge >= 0.3 is 0 Å². The molecule has 1 heteroatoms. The monoisotopic (exact) mass is 67.0 g/mol. The van der Waals surface area contributed by atoms with Crippen LogP contribution in [-0.2, 0) is 0 Å². The molecule has 0 bridgehead atoms. The minimum Gasteiger partial charge on any atom is -0.193 e. The second-order valence-electron chi connectivity index (χ2n) is 0.629. The first kappa shape index (κ1) is 4.23. The quantitative estimate of drug-likeness (QED) is 0.389. The predicted octanol–water partition coefficient (Wildman–Crippen LogP) is 1.09. The first-order valence-electron chi connectivity index (χ1n) is 1.42. The van der Waals surface area contributed by atoms with Crippen LogP contribution >= 0.6 is 0 Å². The maximum Gasteiger partial charge on any atom is 0.0908 e. The molecule has 0 aliphatic heterocycles. The minimum atomic E-state index is 1.43. The topological polar surface area (TPSA) is 23.8 Å². The van der Waals surface area contributed by atoms with E-state index in [4.69, 9.17) is 5.26 Å². The number of rotatable bonds is 0. The third-order valence-corrected chi connectivity index (χ3v) is 0.241. The largest absolute Gasteiger partial charge is 0.193 e. The fraction of sp³-hybridized carbons (Fsp3) is 0.250. The van der Waals surface area contributed by atoms with Crippen molar-refractivity contribution in [1.82, 2.24) is 0 Å². The summed E-state index contributed by atoms with van der Waals surface area (Å²) in [4.78, 5) is 0. The maximum atomic E-state index is 7.73. The van der Waals surface area contributed by atoms with E-state index < -0.39 is 0 Å². The molecule has 0 heterocycles. The zero-order chi connectivity index (χ0) is 4.12. The van der Waals surface area contributed by atoms with Gasteiger partial charge in [0.15, 0.2) is 0 Å². The summed E-state index contributed by atoms with van der Waals surface area (Å²) in [6.07, 6.45) is 3.12. The molecule has 0 aromatic rings. The average molecular weight is 67.1 g/mol. The highest BCUT2D eigenvalue weighted by molar-refractivity contribution is 4.99. The van der Waals surface area contributed by atoms with Gasteiger partial charge in [-0.3, -0.25) is 0 Å². The van der Waals surface area contributed by atoms with E-state index in [0.717, 1.165) is 0 Å². The fourth-order valence-electron chi connectivity index (χ4n) is 0.0745. The molecule has 0 unspecified atom stereocenters. The summed E-state index contributed by atoms with van der Waals surface area (Å²) in [5, 5.41) is 7.73. The highest BCUT2D eigenvalue weighted by atomic mass is 14.2. The van der Waals surface area contributed by atoms with Crippen molar-refractivity contribution in [2.24, 2.45) is 0 Å². The molecule has 0 atom stereocenters. The normalized spacial score (nSPS) is 8.00. The van der Waals surface area contributed by atoms with E-state index in [2.05, 4.69) is 0 Å². The Morgan fingerprint density at radius 2 is 2.40 bits per heavy atom. The molecule has 0 amide bonds. The van der Waals surface area contributed by atoms with Crippen LogP contribution < -0.4 is 0 Å². The van der Waals surface area contributed by atoms with Gasteiger partial charge in [0, 0.05) is 6.08 Å². The number of hydrogen-bond donors (Lipinski definition) is 0. The van der Waals surface area contributed by atoms with Crippen LogP contribution in [0.2, 0.25) is 0 Å². The van der Waals surface area contributed by atoms with Crippen LogP contribution in [0.15, 0.2) is 12.2 Å². The number of nitrogens with zero attached hydrogens (tertiary/aromatic N) is 1. The summed E-state index contributed by atoms with van der Waals surface area (Å²) in [6, 6.07) is 1.84. The van der Waals surface area contributed by atoms with Crippen molar-refractivity contribution >= 4 is 0 Å². The summed E-state index contributed by atoms with van der Waals surface area (Å²) in [6.45, 7) is 1.81. The second kappa shape index (κ2) is 3.23. The van der Waals surface area contributed by atoms with E-state index in [1.807, 2.05) is 13.0 Å². The van der Waals surface area contributed by atoms with Crippen molar-refractivity contribution in [2.75, 3.05) is 0 Å². The molecular weight excluding hydrogens is 62.1 g/mol. The van der Waals surface area contributed by atoms with Crippen molar-refractivity contribution in [1.29, 1.82) is 5.26 Å². The Balaban J connectivity index is 3.04. The van der Waals surface area contributed by atoms with Gasteiger partial charge in [0.05, 0.1) is 6.07 Å². The third-order valence-electron chi connectivity index (χ3n) is 0.241. The zero-order valence-corrected chi connectivity index (χ0v) is 3.10. The van der Waals surface area contributed by atoms with Gasteiger partial charge in [0.2, 0.25) is 0 Å². The van der Waals surface area contributed by atoms with Gasteiger partial charge in [-0.05, 0) is 6.92 Å². The molecule has 0 fully saturated rings. The SMILES string of the molecule is C/C=C\C#N. The molecule has 0 N–H and O–H groups in total. The second-order valence-corrected chi connectivity index (χ2v) is 0.629. The summed E-state index contributed by atoms with van der Waals surface area (Å²) < 4.78 is 0. The first-order chi connectivity index (χ1) is 2.41. The summed E-state index contributed by atoms with van der Waals surface area (Å²) in [7, 11) is 0.